The molecule has 1 aromatic carbocycles. The molecule has 2 aliphatic heterocycles. The van der Waals surface area contributed by atoms with Crippen molar-refractivity contribution in [1.82, 2.24) is 9.80 Å². The quantitative estimate of drug-likeness (QED) is 0.359. The van der Waals surface area contributed by atoms with E-state index in [2.05, 4.69) is 11.8 Å². The first-order valence-corrected chi connectivity index (χ1v) is 12.4. The van der Waals surface area contributed by atoms with Crippen molar-refractivity contribution in [2.45, 2.75) is 38.6 Å². The number of ketones is 1. The van der Waals surface area contributed by atoms with Crippen LogP contribution in [0.15, 0.2) is 58.4 Å². The molecular weight excluding hydrogens is 448 g/mol. The first-order chi connectivity index (χ1) is 17.1. The minimum Gasteiger partial charge on any atom is -0.503 e. The molecule has 1 saturated heterocycles. The first kappa shape index (κ1) is 25.0. The van der Waals surface area contributed by atoms with Crippen molar-refractivity contribution in [2.24, 2.45) is 0 Å². The van der Waals surface area contributed by atoms with Crippen molar-refractivity contribution in [2.75, 3.05) is 46.0 Å². The van der Waals surface area contributed by atoms with E-state index in [-0.39, 0.29) is 11.3 Å². The summed E-state index contributed by atoms with van der Waals surface area (Å²) in [5.74, 6) is -0.702. The number of aliphatic hydroxyl groups is 1. The zero-order valence-corrected chi connectivity index (χ0v) is 20.3. The van der Waals surface area contributed by atoms with Gasteiger partial charge in [-0.1, -0.05) is 31.9 Å². The molecule has 0 aliphatic carbocycles. The zero-order valence-electron chi connectivity index (χ0n) is 20.3. The molecule has 8 nitrogen and oxygen atoms in total. The third kappa shape index (κ3) is 5.94. The number of morpholine rings is 1. The molecule has 0 saturated carbocycles. The van der Waals surface area contributed by atoms with E-state index in [1.165, 1.54) is 6.26 Å². The molecule has 0 spiro atoms. The number of carbonyl (C=O) groups is 2. The van der Waals surface area contributed by atoms with E-state index in [0.717, 1.165) is 56.6 Å². The topological polar surface area (TPSA) is 92.5 Å². The van der Waals surface area contributed by atoms with E-state index >= 15 is 0 Å². The number of furan rings is 1. The molecule has 1 atom stereocenters. The molecule has 2 aromatic rings. The largest absolute Gasteiger partial charge is 0.503 e. The second-order valence-corrected chi connectivity index (χ2v) is 8.90. The normalized spacial score (nSPS) is 18.9. The number of rotatable bonds is 12. The van der Waals surface area contributed by atoms with E-state index in [0.29, 0.717) is 26.4 Å². The Morgan fingerprint density at radius 2 is 1.86 bits per heavy atom. The van der Waals surface area contributed by atoms with Crippen LogP contribution in [0, 0.1) is 0 Å². The van der Waals surface area contributed by atoms with Crippen LogP contribution in [-0.2, 0) is 9.53 Å². The molecule has 8 heteroatoms. The Morgan fingerprint density at radius 1 is 1.09 bits per heavy atom. The van der Waals surface area contributed by atoms with Crippen molar-refractivity contribution in [3.63, 3.8) is 0 Å². The lowest BCUT2D eigenvalue weighted by molar-refractivity contribution is -0.129. The third-order valence-corrected chi connectivity index (χ3v) is 6.48. The highest BCUT2D eigenvalue weighted by Gasteiger charge is 2.44. The number of benzene rings is 1. The Morgan fingerprint density at radius 3 is 2.54 bits per heavy atom. The van der Waals surface area contributed by atoms with Crippen LogP contribution in [-0.4, -0.2) is 72.6 Å². The van der Waals surface area contributed by atoms with Gasteiger partial charge in [-0.15, -0.1) is 0 Å². The molecule has 1 unspecified atom stereocenters. The maximum Gasteiger partial charge on any atom is 0.290 e. The van der Waals surface area contributed by atoms with Crippen molar-refractivity contribution in [3.05, 3.63) is 65.3 Å². The Balaban J connectivity index is 1.53. The lowest BCUT2D eigenvalue weighted by atomic mass is 9.95. The Kier molecular flexibility index (Phi) is 8.60. The van der Waals surface area contributed by atoms with Gasteiger partial charge >= 0.3 is 0 Å². The molecule has 188 valence electrons. The molecule has 3 heterocycles. The molecule has 1 fully saturated rings. The van der Waals surface area contributed by atoms with Gasteiger partial charge in [-0.3, -0.25) is 14.5 Å². The monoisotopic (exact) mass is 482 g/mol. The number of Topliss-reactive ketones (excluding diaryl/α,β-unsaturated/α-hetero) is 1. The molecule has 0 radical (unpaired) electrons. The van der Waals surface area contributed by atoms with E-state index < -0.39 is 23.5 Å². The average Bonchev–Trinajstić information content (AvgIpc) is 3.51. The average molecular weight is 483 g/mol. The third-order valence-electron chi connectivity index (χ3n) is 6.48. The van der Waals surface area contributed by atoms with Crippen molar-refractivity contribution >= 4 is 11.7 Å². The molecule has 35 heavy (non-hydrogen) atoms. The fourth-order valence-electron chi connectivity index (χ4n) is 4.58. The van der Waals surface area contributed by atoms with E-state index in [9.17, 15) is 14.7 Å². The highest BCUT2D eigenvalue weighted by atomic mass is 16.5. The minimum atomic E-state index is -0.695. The Hall–Kier alpha value is -3.10. The fourth-order valence-corrected chi connectivity index (χ4v) is 4.58. The Bertz CT molecular complexity index is 1010. The first-order valence-electron chi connectivity index (χ1n) is 12.4. The highest BCUT2D eigenvalue weighted by Crippen LogP contribution is 2.39. The van der Waals surface area contributed by atoms with E-state index in [4.69, 9.17) is 13.9 Å². The van der Waals surface area contributed by atoms with E-state index in [1.807, 2.05) is 24.3 Å². The summed E-state index contributed by atoms with van der Waals surface area (Å²) in [6.45, 7) is 7.17. The minimum absolute atomic E-state index is 0.0490. The van der Waals surface area contributed by atoms with Gasteiger partial charge in [0.1, 0.15) is 5.75 Å². The van der Waals surface area contributed by atoms with Crippen LogP contribution in [0.4, 0.5) is 0 Å². The maximum absolute atomic E-state index is 13.2. The summed E-state index contributed by atoms with van der Waals surface area (Å²) in [4.78, 5) is 30.2. The van der Waals surface area contributed by atoms with Gasteiger partial charge in [0.05, 0.1) is 37.7 Å². The maximum atomic E-state index is 13.2. The van der Waals surface area contributed by atoms with Crippen molar-refractivity contribution in [1.29, 1.82) is 0 Å². The molecule has 4 rings (SSSR count). The summed E-state index contributed by atoms with van der Waals surface area (Å²) >= 11 is 0. The van der Waals surface area contributed by atoms with Crippen LogP contribution >= 0.6 is 0 Å². The second-order valence-electron chi connectivity index (χ2n) is 8.90. The van der Waals surface area contributed by atoms with Crippen molar-refractivity contribution in [3.8, 4) is 5.75 Å². The van der Waals surface area contributed by atoms with Gasteiger partial charge < -0.3 is 23.9 Å². The van der Waals surface area contributed by atoms with Crippen LogP contribution in [0.3, 0.4) is 0 Å². The molecule has 0 bridgehead atoms. The summed E-state index contributed by atoms with van der Waals surface area (Å²) < 4.78 is 16.5. The van der Waals surface area contributed by atoms with Gasteiger partial charge in [-0.05, 0) is 42.7 Å². The van der Waals surface area contributed by atoms with Gasteiger partial charge in [-0.2, -0.15) is 0 Å². The smallest absolute Gasteiger partial charge is 0.290 e. The Labute approximate surface area is 206 Å². The zero-order chi connectivity index (χ0) is 24.6. The molecule has 1 aromatic heterocycles. The number of carbonyl (C=O) groups excluding carboxylic acids is 2. The SMILES string of the molecule is CCCCCOc1ccc(C2C(C(=O)c3ccco3)=C(O)C(=O)N2CCCN2CCOCC2)cc1. The highest BCUT2D eigenvalue weighted by molar-refractivity contribution is 6.15. The number of unbranched alkanes of at least 4 members (excludes halogenated alkanes) is 2. The summed E-state index contributed by atoms with van der Waals surface area (Å²) in [5, 5.41) is 10.8. The van der Waals surface area contributed by atoms with Crippen LogP contribution in [0.2, 0.25) is 0 Å². The molecule has 2 aliphatic rings. The van der Waals surface area contributed by atoms with Crippen LogP contribution in [0.5, 0.6) is 5.75 Å². The molecular formula is C27H34N2O6. The lowest BCUT2D eigenvalue weighted by Crippen LogP contribution is -2.39. The lowest BCUT2D eigenvalue weighted by Gasteiger charge is -2.30. The van der Waals surface area contributed by atoms with Gasteiger partial charge in [0.15, 0.2) is 11.5 Å². The van der Waals surface area contributed by atoms with Crippen LogP contribution in [0.25, 0.3) is 0 Å². The van der Waals surface area contributed by atoms with Gasteiger partial charge in [0.2, 0.25) is 5.78 Å². The predicted octanol–water partition coefficient (Wildman–Crippen LogP) is 4.15. The number of amides is 1. The fraction of sp³-hybridized carbons (Fsp3) is 0.481. The van der Waals surface area contributed by atoms with Gasteiger partial charge in [0, 0.05) is 26.2 Å². The van der Waals surface area contributed by atoms with Gasteiger partial charge in [0.25, 0.3) is 5.91 Å². The second kappa shape index (κ2) is 12.0. The van der Waals surface area contributed by atoms with Crippen LogP contribution in [0.1, 0.15) is 54.8 Å². The number of hydrogen-bond acceptors (Lipinski definition) is 7. The predicted molar refractivity (Wildman–Crippen MR) is 130 cm³/mol. The number of hydrogen-bond donors (Lipinski definition) is 1. The number of nitrogens with zero attached hydrogens (tertiary/aromatic N) is 2. The van der Waals surface area contributed by atoms with Crippen molar-refractivity contribution < 1.29 is 28.6 Å². The summed E-state index contributed by atoms with van der Waals surface area (Å²) in [6.07, 6.45) is 5.36. The number of aliphatic hydroxyl groups excluding tert-OH is 1. The molecule has 1 amide bonds. The number of ether oxygens (including phenoxy) is 2. The van der Waals surface area contributed by atoms with E-state index in [1.54, 1.807) is 17.0 Å². The standard InChI is InChI=1S/C27H34N2O6/c1-2-3-4-16-34-21-10-8-20(9-11-21)24-23(25(30)22-7-5-17-35-22)26(31)27(32)29(24)13-6-12-28-14-18-33-19-15-28/h5,7-11,17,24,31H,2-4,6,12-16,18-19H2,1H3. The van der Waals surface area contributed by atoms with Crippen LogP contribution < -0.4 is 4.74 Å². The summed E-state index contributed by atoms with van der Waals surface area (Å²) in [5.41, 5.74) is 0.789. The summed E-state index contributed by atoms with van der Waals surface area (Å²) in [7, 11) is 0. The molecule has 1 N–H and O–H groups in total. The van der Waals surface area contributed by atoms with Gasteiger partial charge in [-0.25, -0.2) is 0 Å². The summed E-state index contributed by atoms with van der Waals surface area (Å²) in [6, 6.07) is 9.87.